The lowest BCUT2D eigenvalue weighted by atomic mass is 10.1. The Morgan fingerprint density at radius 3 is 2.62 bits per heavy atom. The summed E-state index contributed by atoms with van der Waals surface area (Å²) in [6, 6.07) is 12.0. The number of hydrogen-bond acceptors (Lipinski definition) is 5. The third-order valence-corrected chi connectivity index (χ3v) is 4.09. The van der Waals surface area contributed by atoms with E-state index < -0.39 is 11.9 Å². The van der Waals surface area contributed by atoms with Crippen molar-refractivity contribution in [3.63, 3.8) is 0 Å². The summed E-state index contributed by atoms with van der Waals surface area (Å²) in [6.45, 7) is 2.06. The van der Waals surface area contributed by atoms with Crippen LogP contribution in [0, 0.1) is 0 Å². The standard InChI is InChI=1S/C19H16BrNO5/c1-2-24-19(23)15(21-18(22)13-4-6-14(20)7-5-13)9-12-3-8-16-17(10-12)26-11-25-16/h3-10H,2,11H2,1H3,(H,21,22)/b15-9-. The van der Waals surface area contributed by atoms with E-state index in [-0.39, 0.29) is 19.1 Å². The first kappa shape index (κ1) is 18.0. The van der Waals surface area contributed by atoms with Gasteiger partial charge in [-0.1, -0.05) is 22.0 Å². The summed E-state index contributed by atoms with van der Waals surface area (Å²) >= 11 is 3.32. The van der Waals surface area contributed by atoms with E-state index >= 15 is 0 Å². The van der Waals surface area contributed by atoms with Gasteiger partial charge in [-0.05, 0) is 55.0 Å². The molecule has 0 fully saturated rings. The monoisotopic (exact) mass is 417 g/mol. The molecule has 0 spiro atoms. The Balaban J connectivity index is 1.86. The van der Waals surface area contributed by atoms with Gasteiger partial charge in [0.05, 0.1) is 6.61 Å². The van der Waals surface area contributed by atoms with Crippen molar-refractivity contribution in [1.29, 1.82) is 0 Å². The van der Waals surface area contributed by atoms with Crippen molar-refractivity contribution >= 4 is 33.9 Å². The number of halogens is 1. The Morgan fingerprint density at radius 2 is 1.88 bits per heavy atom. The van der Waals surface area contributed by atoms with Crippen molar-refractivity contribution in [1.82, 2.24) is 5.32 Å². The molecular weight excluding hydrogens is 402 g/mol. The number of rotatable bonds is 5. The predicted octanol–water partition coefficient (Wildman–Crippen LogP) is 3.51. The van der Waals surface area contributed by atoms with Crippen molar-refractivity contribution < 1.29 is 23.8 Å². The van der Waals surface area contributed by atoms with Crippen LogP contribution in [0.25, 0.3) is 6.08 Å². The van der Waals surface area contributed by atoms with E-state index in [2.05, 4.69) is 21.2 Å². The second-order valence-electron chi connectivity index (χ2n) is 5.35. The normalized spacial score (nSPS) is 12.6. The van der Waals surface area contributed by atoms with E-state index in [1.165, 1.54) is 6.08 Å². The lowest BCUT2D eigenvalue weighted by Crippen LogP contribution is -2.28. The van der Waals surface area contributed by atoms with Gasteiger partial charge in [0.15, 0.2) is 11.5 Å². The molecule has 1 aliphatic heterocycles. The zero-order chi connectivity index (χ0) is 18.5. The predicted molar refractivity (Wildman–Crippen MR) is 98.8 cm³/mol. The molecule has 6 nitrogen and oxygen atoms in total. The molecule has 1 amide bonds. The van der Waals surface area contributed by atoms with E-state index in [1.54, 1.807) is 49.4 Å². The van der Waals surface area contributed by atoms with Gasteiger partial charge in [-0.25, -0.2) is 4.79 Å². The molecule has 1 N–H and O–H groups in total. The molecule has 2 aromatic carbocycles. The Morgan fingerprint density at radius 1 is 1.15 bits per heavy atom. The molecule has 2 aromatic rings. The smallest absolute Gasteiger partial charge is 0.354 e. The van der Waals surface area contributed by atoms with Gasteiger partial charge in [0.2, 0.25) is 6.79 Å². The Labute approximate surface area is 158 Å². The van der Waals surface area contributed by atoms with Gasteiger partial charge in [-0.15, -0.1) is 0 Å². The van der Waals surface area contributed by atoms with Gasteiger partial charge in [0.1, 0.15) is 5.70 Å². The number of esters is 1. The molecule has 0 aromatic heterocycles. The van der Waals surface area contributed by atoms with Gasteiger partial charge < -0.3 is 19.5 Å². The summed E-state index contributed by atoms with van der Waals surface area (Å²) in [4.78, 5) is 24.7. The zero-order valence-electron chi connectivity index (χ0n) is 14.0. The third kappa shape index (κ3) is 4.23. The number of carbonyl (C=O) groups excluding carboxylic acids is 2. The molecule has 134 valence electrons. The van der Waals surface area contributed by atoms with Crippen LogP contribution in [0.5, 0.6) is 11.5 Å². The van der Waals surface area contributed by atoms with E-state index in [0.717, 1.165) is 4.47 Å². The number of fused-ring (bicyclic) bond motifs is 1. The van der Waals surface area contributed by atoms with Crippen LogP contribution in [0.4, 0.5) is 0 Å². The van der Waals surface area contributed by atoms with Gasteiger partial charge in [-0.2, -0.15) is 0 Å². The molecule has 0 atom stereocenters. The summed E-state index contributed by atoms with van der Waals surface area (Å²) in [5, 5.41) is 2.61. The summed E-state index contributed by atoms with van der Waals surface area (Å²) in [5.41, 5.74) is 1.14. The highest BCUT2D eigenvalue weighted by molar-refractivity contribution is 9.10. The molecule has 0 unspecified atom stereocenters. The van der Waals surface area contributed by atoms with Gasteiger partial charge in [0, 0.05) is 10.0 Å². The van der Waals surface area contributed by atoms with E-state index in [4.69, 9.17) is 14.2 Å². The van der Waals surface area contributed by atoms with Crippen LogP contribution in [0.2, 0.25) is 0 Å². The van der Waals surface area contributed by atoms with E-state index in [1.807, 2.05) is 0 Å². The highest BCUT2D eigenvalue weighted by Crippen LogP contribution is 2.33. The highest BCUT2D eigenvalue weighted by Gasteiger charge is 2.17. The summed E-state index contributed by atoms with van der Waals surface area (Å²) < 4.78 is 16.5. The van der Waals surface area contributed by atoms with Gasteiger partial charge >= 0.3 is 5.97 Å². The first-order valence-electron chi connectivity index (χ1n) is 7.92. The second-order valence-corrected chi connectivity index (χ2v) is 6.27. The Kier molecular flexibility index (Phi) is 5.58. The van der Waals surface area contributed by atoms with E-state index in [0.29, 0.717) is 22.6 Å². The molecular formula is C19H16BrNO5. The minimum atomic E-state index is -0.615. The fourth-order valence-corrected chi connectivity index (χ4v) is 2.58. The molecule has 0 saturated heterocycles. The molecule has 26 heavy (non-hydrogen) atoms. The van der Waals surface area contributed by atoms with Crippen molar-refractivity contribution in [3.05, 3.63) is 63.8 Å². The van der Waals surface area contributed by atoms with E-state index in [9.17, 15) is 9.59 Å². The van der Waals surface area contributed by atoms with Crippen LogP contribution < -0.4 is 14.8 Å². The first-order valence-corrected chi connectivity index (χ1v) is 8.71. The lowest BCUT2D eigenvalue weighted by Gasteiger charge is -2.10. The molecule has 1 aliphatic rings. The van der Waals surface area contributed by atoms with Crippen molar-refractivity contribution in [2.45, 2.75) is 6.92 Å². The van der Waals surface area contributed by atoms with Crippen LogP contribution in [0.3, 0.4) is 0 Å². The van der Waals surface area contributed by atoms with Crippen molar-refractivity contribution in [2.75, 3.05) is 13.4 Å². The molecule has 0 radical (unpaired) electrons. The molecule has 7 heteroatoms. The number of carbonyl (C=O) groups is 2. The molecule has 0 bridgehead atoms. The zero-order valence-corrected chi connectivity index (χ0v) is 15.5. The second kappa shape index (κ2) is 8.05. The average Bonchev–Trinajstić information content (AvgIpc) is 3.09. The lowest BCUT2D eigenvalue weighted by molar-refractivity contribution is -0.138. The van der Waals surface area contributed by atoms with Crippen molar-refractivity contribution in [2.24, 2.45) is 0 Å². The van der Waals surface area contributed by atoms with Crippen LogP contribution in [-0.2, 0) is 9.53 Å². The van der Waals surface area contributed by atoms with Gasteiger partial charge in [0.25, 0.3) is 5.91 Å². The minimum absolute atomic E-state index is 0.0404. The van der Waals surface area contributed by atoms with Crippen LogP contribution in [0.1, 0.15) is 22.8 Å². The largest absolute Gasteiger partial charge is 0.461 e. The number of amides is 1. The molecule has 0 saturated carbocycles. The average molecular weight is 418 g/mol. The maximum absolute atomic E-state index is 12.4. The number of benzene rings is 2. The van der Waals surface area contributed by atoms with Crippen molar-refractivity contribution in [3.8, 4) is 11.5 Å². The first-order chi connectivity index (χ1) is 12.6. The quantitative estimate of drug-likeness (QED) is 0.594. The minimum Gasteiger partial charge on any atom is -0.461 e. The fourth-order valence-electron chi connectivity index (χ4n) is 2.32. The Bertz CT molecular complexity index is 861. The van der Waals surface area contributed by atoms with Crippen LogP contribution in [-0.4, -0.2) is 25.3 Å². The maximum atomic E-state index is 12.4. The Hall–Kier alpha value is -2.80. The third-order valence-electron chi connectivity index (χ3n) is 3.56. The summed E-state index contributed by atoms with van der Waals surface area (Å²) in [6.07, 6.45) is 1.54. The number of hydrogen-bond donors (Lipinski definition) is 1. The number of ether oxygens (including phenoxy) is 3. The maximum Gasteiger partial charge on any atom is 0.354 e. The molecule has 3 rings (SSSR count). The topological polar surface area (TPSA) is 73.9 Å². The van der Waals surface area contributed by atoms with Crippen LogP contribution >= 0.6 is 15.9 Å². The fraction of sp³-hybridized carbons (Fsp3) is 0.158. The van der Waals surface area contributed by atoms with Crippen LogP contribution in [0.15, 0.2) is 52.6 Å². The summed E-state index contributed by atoms with van der Waals surface area (Å²) in [7, 11) is 0. The summed E-state index contributed by atoms with van der Waals surface area (Å²) in [5.74, 6) is 0.202. The molecule has 1 heterocycles. The van der Waals surface area contributed by atoms with Gasteiger partial charge in [-0.3, -0.25) is 4.79 Å². The molecule has 0 aliphatic carbocycles. The highest BCUT2D eigenvalue weighted by atomic mass is 79.9. The number of nitrogens with one attached hydrogen (secondary N) is 1. The SMILES string of the molecule is CCOC(=O)/C(=C/c1ccc2c(c1)OCO2)NC(=O)c1ccc(Br)cc1.